The topological polar surface area (TPSA) is 29.5 Å². The summed E-state index contributed by atoms with van der Waals surface area (Å²) in [5, 5.41) is 0. The summed E-state index contributed by atoms with van der Waals surface area (Å²) in [6.45, 7) is 2.05. The Balaban J connectivity index is 1.95. The van der Waals surface area contributed by atoms with Crippen molar-refractivity contribution in [2.75, 3.05) is 7.11 Å². The highest BCUT2D eigenvalue weighted by molar-refractivity contribution is 5.72. The Hall–Kier alpha value is -1.77. The summed E-state index contributed by atoms with van der Waals surface area (Å²) >= 11 is 0. The zero-order chi connectivity index (χ0) is 16.3. The number of benzene rings is 1. The standard InChI is InChI=1S/C20H27NO2/c1-3-18(20(14-15-20)16-10-6-4-7-11-16)21(19(22)23-2)17-12-8-5-9-13-17/h3-4,6-7,10-11,17H,5,8-9,12-15H2,1-2H3/b18-3+. The van der Waals surface area contributed by atoms with E-state index in [0.717, 1.165) is 31.4 Å². The van der Waals surface area contributed by atoms with Gasteiger partial charge in [0.25, 0.3) is 0 Å². The van der Waals surface area contributed by atoms with Gasteiger partial charge in [-0.2, -0.15) is 0 Å². The summed E-state index contributed by atoms with van der Waals surface area (Å²) in [6, 6.07) is 10.9. The van der Waals surface area contributed by atoms with Gasteiger partial charge in [0.1, 0.15) is 0 Å². The van der Waals surface area contributed by atoms with Crippen LogP contribution in [0, 0.1) is 0 Å². The second kappa shape index (κ2) is 6.77. The number of amides is 1. The summed E-state index contributed by atoms with van der Waals surface area (Å²) in [4.78, 5) is 14.6. The van der Waals surface area contributed by atoms with Crippen LogP contribution in [0.25, 0.3) is 0 Å². The lowest BCUT2D eigenvalue weighted by molar-refractivity contribution is 0.106. The minimum Gasteiger partial charge on any atom is -0.452 e. The quantitative estimate of drug-likeness (QED) is 0.781. The molecule has 0 radical (unpaired) electrons. The third-order valence-corrected chi connectivity index (χ3v) is 5.41. The predicted octanol–water partition coefficient (Wildman–Crippen LogP) is 5.02. The Morgan fingerprint density at radius 3 is 2.35 bits per heavy atom. The maximum atomic E-state index is 12.6. The molecule has 0 aliphatic heterocycles. The first-order valence-corrected chi connectivity index (χ1v) is 8.82. The van der Waals surface area contributed by atoms with Crippen LogP contribution in [0.4, 0.5) is 4.79 Å². The number of nitrogens with zero attached hydrogens (tertiary/aromatic N) is 1. The first kappa shape index (κ1) is 16.1. The van der Waals surface area contributed by atoms with Gasteiger partial charge in [0.2, 0.25) is 0 Å². The molecule has 0 aromatic heterocycles. The van der Waals surface area contributed by atoms with Gasteiger partial charge in [-0.15, -0.1) is 0 Å². The lowest BCUT2D eigenvalue weighted by Gasteiger charge is -2.38. The molecular weight excluding hydrogens is 286 g/mol. The van der Waals surface area contributed by atoms with Crippen molar-refractivity contribution in [3.8, 4) is 0 Å². The van der Waals surface area contributed by atoms with Crippen molar-refractivity contribution in [2.24, 2.45) is 0 Å². The molecule has 0 N–H and O–H groups in total. The van der Waals surface area contributed by atoms with Gasteiger partial charge in [0, 0.05) is 17.2 Å². The van der Waals surface area contributed by atoms with Crippen LogP contribution in [-0.4, -0.2) is 24.1 Å². The molecule has 124 valence electrons. The monoisotopic (exact) mass is 313 g/mol. The van der Waals surface area contributed by atoms with E-state index >= 15 is 0 Å². The number of hydrogen-bond donors (Lipinski definition) is 0. The highest BCUT2D eigenvalue weighted by Gasteiger charge is 2.51. The molecule has 3 nitrogen and oxygen atoms in total. The van der Waals surface area contributed by atoms with Crippen molar-refractivity contribution in [3.05, 3.63) is 47.7 Å². The van der Waals surface area contributed by atoms with E-state index in [1.807, 2.05) is 11.0 Å². The van der Waals surface area contributed by atoms with Crippen LogP contribution in [0.15, 0.2) is 42.1 Å². The molecule has 3 rings (SSSR count). The van der Waals surface area contributed by atoms with E-state index in [9.17, 15) is 4.79 Å². The largest absolute Gasteiger partial charge is 0.452 e. The molecule has 0 atom stereocenters. The first-order chi connectivity index (χ1) is 11.2. The summed E-state index contributed by atoms with van der Waals surface area (Å²) in [6.07, 6.45) is 9.99. The van der Waals surface area contributed by atoms with Gasteiger partial charge in [-0.3, -0.25) is 4.90 Å². The lowest BCUT2D eigenvalue weighted by atomic mass is 9.88. The van der Waals surface area contributed by atoms with E-state index < -0.39 is 0 Å². The normalized spacial score (nSPS) is 20.9. The van der Waals surface area contributed by atoms with Crippen molar-refractivity contribution in [1.29, 1.82) is 0 Å². The molecule has 1 aromatic rings. The molecule has 0 saturated heterocycles. The van der Waals surface area contributed by atoms with Gasteiger partial charge in [-0.05, 0) is 38.2 Å². The Labute approximate surface area is 139 Å². The van der Waals surface area contributed by atoms with E-state index in [-0.39, 0.29) is 17.6 Å². The maximum Gasteiger partial charge on any atom is 0.414 e. The van der Waals surface area contributed by atoms with Crippen molar-refractivity contribution in [1.82, 2.24) is 4.90 Å². The molecule has 1 aromatic carbocycles. The van der Waals surface area contributed by atoms with Crippen molar-refractivity contribution in [2.45, 2.75) is 63.3 Å². The van der Waals surface area contributed by atoms with Crippen LogP contribution in [0.5, 0.6) is 0 Å². The van der Waals surface area contributed by atoms with Crippen LogP contribution in [0.2, 0.25) is 0 Å². The zero-order valence-corrected chi connectivity index (χ0v) is 14.3. The highest BCUT2D eigenvalue weighted by Crippen LogP contribution is 2.55. The summed E-state index contributed by atoms with van der Waals surface area (Å²) in [7, 11) is 1.49. The van der Waals surface area contributed by atoms with Crippen molar-refractivity contribution in [3.63, 3.8) is 0 Å². The lowest BCUT2D eigenvalue weighted by Crippen LogP contribution is -2.44. The van der Waals surface area contributed by atoms with Crippen LogP contribution < -0.4 is 0 Å². The van der Waals surface area contributed by atoms with Gasteiger partial charge in [-0.1, -0.05) is 55.7 Å². The Morgan fingerprint density at radius 2 is 1.83 bits per heavy atom. The minimum absolute atomic E-state index is 0.00163. The molecule has 3 heteroatoms. The molecule has 0 heterocycles. The molecule has 0 spiro atoms. The van der Waals surface area contributed by atoms with E-state index in [1.54, 1.807) is 0 Å². The molecule has 1 amide bonds. The second-order valence-corrected chi connectivity index (χ2v) is 6.75. The van der Waals surface area contributed by atoms with Crippen LogP contribution in [0.3, 0.4) is 0 Å². The Kier molecular flexibility index (Phi) is 4.74. The number of ether oxygens (including phenoxy) is 1. The number of allylic oxidation sites excluding steroid dienone is 2. The van der Waals surface area contributed by atoms with Gasteiger partial charge in [0.15, 0.2) is 0 Å². The van der Waals surface area contributed by atoms with Crippen LogP contribution in [-0.2, 0) is 10.2 Å². The van der Waals surface area contributed by atoms with Gasteiger partial charge in [-0.25, -0.2) is 4.79 Å². The maximum absolute atomic E-state index is 12.6. The first-order valence-electron chi connectivity index (χ1n) is 8.82. The fraction of sp³-hybridized carbons (Fsp3) is 0.550. The van der Waals surface area contributed by atoms with E-state index in [1.165, 1.54) is 31.9 Å². The smallest absolute Gasteiger partial charge is 0.414 e. The molecule has 0 bridgehead atoms. The number of rotatable bonds is 4. The number of carbonyl (C=O) groups is 1. The molecule has 0 unspecified atom stereocenters. The van der Waals surface area contributed by atoms with E-state index in [2.05, 4.69) is 37.3 Å². The SMILES string of the molecule is C/C=C(/N(C(=O)OC)C1CCCCC1)C1(c2ccccc2)CC1. The molecular formula is C20H27NO2. The van der Waals surface area contributed by atoms with Crippen LogP contribution >= 0.6 is 0 Å². The molecule has 2 fully saturated rings. The average molecular weight is 313 g/mol. The van der Waals surface area contributed by atoms with Gasteiger partial charge in [0.05, 0.1) is 7.11 Å². The number of methoxy groups -OCH3 is 1. The van der Waals surface area contributed by atoms with Crippen molar-refractivity contribution < 1.29 is 9.53 Å². The fourth-order valence-electron chi connectivity index (χ4n) is 4.10. The van der Waals surface area contributed by atoms with E-state index in [0.29, 0.717) is 0 Å². The number of hydrogen-bond acceptors (Lipinski definition) is 2. The fourth-order valence-corrected chi connectivity index (χ4v) is 4.10. The summed E-state index contributed by atoms with van der Waals surface area (Å²) in [5.74, 6) is 0. The molecule has 2 saturated carbocycles. The summed E-state index contributed by atoms with van der Waals surface area (Å²) in [5.41, 5.74) is 2.46. The minimum atomic E-state index is -0.202. The van der Waals surface area contributed by atoms with E-state index in [4.69, 9.17) is 4.74 Å². The zero-order valence-electron chi connectivity index (χ0n) is 14.3. The van der Waals surface area contributed by atoms with Gasteiger partial charge < -0.3 is 4.74 Å². The molecule has 2 aliphatic rings. The second-order valence-electron chi connectivity index (χ2n) is 6.75. The highest BCUT2D eigenvalue weighted by atomic mass is 16.5. The van der Waals surface area contributed by atoms with Crippen molar-refractivity contribution >= 4 is 6.09 Å². The number of carbonyl (C=O) groups excluding carboxylic acids is 1. The van der Waals surface area contributed by atoms with Crippen LogP contribution in [0.1, 0.15) is 57.4 Å². The third-order valence-electron chi connectivity index (χ3n) is 5.41. The van der Waals surface area contributed by atoms with Gasteiger partial charge >= 0.3 is 6.09 Å². The Morgan fingerprint density at radius 1 is 1.17 bits per heavy atom. The predicted molar refractivity (Wildman–Crippen MR) is 92.2 cm³/mol. The summed E-state index contributed by atoms with van der Waals surface area (Å²) < 4.78 is 5.15. The molecule has 2 aliphatic carbocycles. The average Bonchev–Trinajstić information content (AvgIpc) is 3.42. The Bertz CT molecular complexity index is 569. The third kappa shape index (κ3) is 3.01. The molecule has 23 heavy (non-hydrogen) atoms.